The van der Waals surface area contributed by atoms with Crippen molar-refractivity contribution in [3.63, 3.8) is 0 Å². The molecule has 1 heterocycles. The fourth-order valence-electron chi connectivity index (χ4n) is 2.02. The van der Waals surface area contributed by atoms with E-state index in [-0.39, 0.29) is 11.1 Å². The molecule has 4 nitrogen and oxygen atoms in total. The maximum absolute atomic E-state index is 13.9. The number of benzene rings is 2. The summed E-state index contributed by atoms with van der Waals surface area (Å²) in [7, 11) is 0. The summed E-state index contributed by atoms with van der Waals surface area (Å²) in [5.41, 5.74) is 1.56. The number of nitrogens with one attached hydrogen (secondary N) is 1. The van der Waals surface area contributed by atoms with E-state index in [9.17, 15) is 9.18 Å². The topological polar surface area (TPSA) is 65.8 Å². The van der Waals surface area contributed by atoms with Gasteiger partial charge in [-0.3, -0.25) is 10.1 Å². The van der Waals surface area contributed by atoms with Crippen molar-refractivity contribution in [2.45, 2.75) is 0 Å². The molecular weight excluding hydrogens is 349 g/mol. The van der Waals surface area contributed by atoms with Gasteiger partial charge in [0.25, 0.3) is 5.91 Å². The Bertz CT molecular complexity index is 947. The van der Waals surface area contributed by atoms with Crippen LogP contribution in [0.1, 0.15) is 15.9 Å². The Labute approximate surface area is 146 Å². The Morgan fingerprint density at radius 2 is 2.00 bits per heavy atom. The van der Waals surface area contributed by atoms with Crippen LogP contribution in [0.3, 0.4) is 0 Å². The van der Waals surface area contributed by atoms with E-state index in [0.717, 1.165) is 11.6 Å². The van der Waals surface area contributed by atoms with Crippen LogP contribution in [0.5, 0.6) is 0 Å². The number of hydrogen-bond acceptors (Lipinski definition) is 4. The molecule has 1 N–H and O–H groups in total. The number of nitriles is 1. The van der Waals surface area contributed by atoms with Crippen molar-refractivity contribution in [3.05, 3.63) is 69.8 Å². The van der Waals surface area contributed by atoms with Crippen molar-refractivity contribution in [2.75, 3.05) is 5.32 Å². The Morgan fingerprint density at radius 3 is 2.67 bits per heavy atom. The fraction of sp³-hybridized carbons (Fsp3) is 0. The average molecular weight is 358 g/mol. The van der Waals surface area contributed by atoms with E-state index in [1.807, 2.05) is 18.2 Å². The molecule has 0 saturated heterocycles. The monoisotopic (exact) mass is 357 g/mol. The highest BCUT2D eigenvalue weighted by Crippen LogP contribution is 2.26. The molecule has 0 unspecified atom stereocenters. The number of carbonyl (C=O) groups is 1. The Balaban J connectivity index is 1.78. The molecule has 0 aliphatic rings. The molecule has 0 aliphatic heterocycles. The van der Waals surface area contributed by atoms with Crippen LogP contribution in [0.4, 0.5) is 9.52 Å². The number of halogens is 2. The van der Waals surface area contributed by atoms with E-state index in [1.165, 1.54) is 23.5 Å². The van der Waals surface area contributed by atoms with Gasteiger partial charge in [-0.05, 0) is 30.3 Å². The lowest BCUT2D eigenvalue weighted by Crippen LogP contribution is -2.13. The minimum atomic E-state index is -0.749. The van der Waals surface area contributed by atoms with E-state index in [4.69, 9.17) is 16.9 Å². The van der Waals surface area contributed by atoms with Crippen LogP contribution in [0, 0.1) is 17.1 Å². The molecule has 0 bridgehead atoms. The molecule has 0 spiro atoms. The van der Waals surface area contributed by atoms with Gasteiger partial charge in [0.2, 0.25) is 0 Å². The molecule has 1 amide bonds. The van der Waals surface area contributed by atoms with Crippen molar-refractivity contribution in [1.82, 2.24) is 4.98 Å². The predicted molar refractivity (Wildman–Crippen MR) is 91.6 cm³/mol. The number of amides is 1. The summed E-state index contributed by atoms with van der Waals surface area (Å²) in [6, 6.07) is 12.7. The molecule has 3 rings (SSSR count). The molecule has 0 aliphatic carbocycles. The Morgan fingerprint density at radius 1 is 1.25 bits per heavy atom. The second-order valence-corrected chi connectivity index (χ2v) is 6.10. The first-order chi connectivity index (χ1) is 11.6. The standard InChI is InChI=1S/C17H9ClFN3OS/c18-12-4-2-11(3-5-12)15-9-24-17(21-15)22-16(23)13-6-1-10(8-20)7-14(13)19/h1-7,9H,(H,21,22,23). The van der Waals surface area contributed by atoms with Gasteiger partial charge in [0, 0.05) is 16.0 Å². The number of thiazole rings is 1. The van der Waals surface area contributed by atoms with E-state index >= 15 is 0 Å². The summed E-state index contributed by atoms with van der Waals surface area (Å²) in [6.07, 6.45) is 0. The molecule has 0 saturated carbocycles. The molecule has 24 heavy (non-hydrogen) atoms. The van der Waals surface area contributed by atoms with Crippen LogP contribution in [0.25, 0.3) is 11.3 Å². The average Bonchev–Trinajstić information content (AvgIpc) is 3.03. The molecule has 2 aromatic carbocycles. The molecule has 0 atom stereocenters. The first-order valence-electron chi connectivity index (χ1n) is 6.79. The number of carbonyl (C=O) groups excluding carboxylic acids is 1. The van der Waals surface area contributed by atoms with E-state index in [1.54, 1.807) is 17.5 Å². The first-order valence-corrected chi connectivity index (χ1v) is 8.05. The molecule has 0 fully saturated rings. The van der Waals surface area contributed by atoms with Gasteiger partial charge in [-0.15, -0.1) is 11.3 Å². The number of aromatic nitrogens is 1. The van der Waals surface area contributed by atoms with Crippen LogP contribution in [0.15, 0.2) is 47.8 Å². The van der Waals surface area contributed by atoms with E-state index < -0.39 is 11.7 Å². The van der Waals surface area contributed by atoms with Crippen LogP contribution in [0.2, 0.25) is 5.02 Å². The highest BCUT2D eigenvalue weighted by Gasteiger charge is 2.14. The Hall–Kier alpha value is -2.75. The molecule has 3 aromatic rings. The van der Waals surface area contributed by atoms with Gasteiger partial charge in [-0.25, -0.2) is 9.37 Å². The van der Waals surface area contributed by atoms with Gasteiger partial charge < -0.3 is 0 Å². The second-order valence-electron chi connectivity index (χ2n) is 4.81. The lowest BCUT2D eigenvalue weighted by Gasteiger charge is -2.03. The lowest BCUT2D eigenvalue weighted by atomic mass is 10.1. The summed E-state index contributed by atoms with van der Waals surface area (Å²) in [5.74, 6) is -1.37. The van der Waals surface area contributed by atoms with Crippen LogP contribution >= 0.6 is 22.9 Å². The number of anilines is 1. The zero-order valence-electron chi connectivity index (χ0n) is 12.1. The summed E-state index contributed by atoms with van der Waals surface area (Å²) in [6.45, 7) is 0. The van der Waals surface area contributed by atoms with Crippen molar-refractivity contribution in [2.24, 2.45) is 0 Å². The highest BCUT2D eigenvalue weighted by molar-refractivity contribution is 7.14. The third-order valence-corrected chi connectivity index (χ3v) is 4.22. The molecular formula is C17H9ClFN3OS. The first kappa shape index (κ1) is 16.1. The fourth-order valence-corrected chi connectivity index (χ4v) is 2.86. The smallest absolute Gasteiger partial charge is 0.260 e. The summed E-state index contributed by atoms with van der Waals surface area (Å²) in [4.78, 5) is 16.4. The number of rotatable bonds is 3. The van der Waals surface area contributed by atoms with Gasteiger partial charge in [-0.1, -0.05) is 23.7 Å². The highest BCUT2D eigenvalue weighted by atomic mass is 35.5. The third kappa shape index (κ3) is 3.43. The minimum absolute atomic E-state index is 0.141. The predicted octanol–water partition coefficient (Wildman–Crippen LogP) is 4.73. The summed E-state index contributed by atoms with van der Waals surface area (Å²) >= 11 is 7.08. The van der Waals surface area contributed by atoms with Crippen molar-refractivity contribution in [1.29, 1.82) is 5.26 Å². The van der Waals surface area contributed by atoms with Crippen molar-refractivity contribution >= 4 is 34.0 Å². The van der Waals surface area contributed by atoms with Crippen molar-refractivity contribution < 1.29 is 9.18 Å². The van der Waals surface area contributed by atoms with Gasteiger partial charge in [0.1, 0.15) is 5.82 Å². The maximum atomic E-state index is 13.9. The maximum Gasteiger partial charge on any atom is 0.260 e. The van der Waals surface area contributed by atoms with E-state index in [0.29, 0.717) is 15.8 Å². The molecule has 118 valence electrons. The molecule has 7 heteroatoms. The van der Waals surface area contributed by atoms with Gasteiger partial charge in [-0.2, -0.15) is 5.26 Å². The van der Waals surface area contributed by atoms with Crippen LogP contribution in [-0.4, -0.2) is 10.9 Å². The third-order valence-electron chi connectivity index (χ3n) is 3.21. The lowest BCUT2D eigenvalue weighted by molar-refractivity contribution is 0.102. The van der Waals surface area contributed by atoms with Gasteiger partial charge in [0.15, 0.2) is 5.13 Å². The van der Waals surface area contributed by atoms with Crippen LogP contribution in [-0.2, 0) is 0 Å². The van der Waals surface area contributed by atoms with E-state index in [2.05, 4.69) is 10.3 Å². The SMILES string of the molecule is N#Cc1ccc(C(=O)Nc2nc(-c3ccc(Cl)cc3)cs2)c(F)c1. The Kier molecular flexibility index (Phi) is 4.56. The van der Waals surface area contributed by atoms with Gasteiger partial charge in [0.05, 0.1) is 22.9 Å². The summed E-state index contributed by atoms with van der Waals surface area (Å²) in [5, 5.41) is 14.0. The van der Waals surface area contributed by atoms with Crippen LogP contribution < -0.4 is 5.32 Å². The minimum Gasteiger partial charge on any atom is -0.298 e. The zero-order chi connectivity index (χ0) is 17.1. The molecule has 1 aromatic heterocycles. The van der Waals surface area contributed by atoms with Gasteiger partial charge >= 0.3 is 0 Å². The molecule has 0 radical (unpaired) electrons. The normalized spacial score (nSPS) is 10.2. The number of nitrogens with zero attached hydrogens (tertiary/aromatic N) is 2. The largest absolute Gasteiger partial charge is 0.298 e. The summed E-state index contributed by atoms with van der Waals surface area (Å²) < 4.78 is 13.9. The number of hydrogen-bond donors (Lipinski definition) is 1. The zero-order valence-corrected chi connectivity index (χ0v) is 13.7. The second kappa shape index (κ2) is 6.79. The van der Waals surface area contributed by atoms with Crippen molar-refractivity contribution in [3.8, 4) is 17.3 Å². The quantitative estimate of drug-likeness (QED) is 0.737.